The van der Waals surface area contributed by atoms with Crippen LogP contribution in [0.1, 0.15) is 23.0 Å². The molecule has 0 unspecified atom stereocenters. The van der Waals surface area contributed by atoms with Crippen molar-refractivity contribution in [3.8, 4) is 0 Å². The Labute approximate surface area is 112 Å². The fourth-order valence-corrected chi connectivity index (χ4v) is 1.73. The van der Waals surface area contributed by atoms with Crippen LogP contribution >= 0.6 is 11.6 Å². The predicted molar refractivity (Wildman–Crippen MR) is 64.5 cm³/mol. The van der Waals surface area contributed by atoms with Gasteiger partial charge in [-0.3, -0.25) is 9.97 Å². The number of aromatic nitrogens is 2. The van der Waals surface area contributed by atoms with Gasteiger partial charge in [-0.05, 0) is 24.3 Å². The molecule has 2 heterocycles. The molecule has 0 aromatic carbocycles. The van der Waals surface area contributed by atoms with E-state index in [4.69, 9.17) is 17.3 Å². The molecule has 0 spiro atoms. The first kappa shape index (κ1) is 13.8. The fraction of sp³-hybridized carbons (Fsp3) is 0.167. The number of alkyl halides is 3. The third kappa shape index (κ3) is 3.02. The molecule has 3 nitrogen and oxygen atoms in total. The lowest BCUT2D eigenvalue weighted by molar-refractivity contribution is -0.138. The van der Waals surface area contributed by atoms with E-state index in [9.17, 15) is 13.2 Å². The van der Waals surface area contributed by atoms with Crippen molar-refractivity contribution in [2.24, 2.45) is 5.73 Å². The summed E-state index contributed by atoms with van der Waals surface area (Å²) in [7, 11) is 0. The second-order valence-electron chi connectivity index (χ2n) is 3.81. The number of hydrogen-bond acceptors (Lipinski definition) is 3. The molecule has 2 N–H and O–H groups in total. The topological polar surface area (TPSA) is 51.8 Å². The molecule has 7 heteroatoms. The third-order valence-electron chi connectivity index (χ3n) is 2.51. The number of nitrogens with zero attached hydrogens (tertiary/aromatic N) is 2. The monoisotopic (exact) mass is 287 g/mol. The summed E-state index contributed by atoms with van der Waals surface area (Å²) in [6.45, 7) is 0. The van der Waals surface area contributed by atoms with E-state index in [0.717, 1.165) is 6.07 Å². The van der Waals surface area contributed by atoms with Crippen LogP contribution in [-0.2, 0) is 6.18 Å². The summed E-state index contributed by atoms with van der Waals surface area (Å²) in [5.74, 6) is 0. The molecule has 2 aromatic rings. The van der Waals surface area contributed by atoms with Crippen molar-refractivity contribution in [3.63, 3.8) is 0 Å². The van der Waals surface area contributed by atoms with Gasteiger partial charge in [-0.15, -0.1) is 0 Å². The zero-order valence-electron chi connectivity index (χ0n) is 9.53. The fourth-order valence-electron chi connectivity index (χ4n) is 1.62. The van der Waals surface area contributed by atoms with Crippen LogP contribution in [-0.4, -0.2) is 9.97 Å². The second kappa shape index (κ2) is 5.14. The third-order valence-corrected chi connectivity index (χ3v) is 2.73. The maximum absolute atomic E-state index is 12.9. The molecule has 0 aliphatic heterocycles. The van der Waals surface area contributed by atoms with Crippen LogP contribution in [0.25, 0.3) is 0 Å². The largest absolute Gasteiger partial charge is 0.418 e. The van der Waals surface area contributed by atoms with E-state index in [2.05, 4.69) is 9.97 Å². The van der Waals surface area contributed by atoms with Crippen LogP contribution in [0.5, 0.6) is 0 Å². The first-order valence-electron chi connectivity index (χ1n) is 5.28. The Bertz CT molecular complexity index is 569. The van der Waals surface area contributed by atoms with E-state index in [1.165, 1.54) is 30.6 Å². The van der Waals surface area contributed by atoms with Crippen LogP contribution in [0.2, 0.25) is 5.02 Å². The Hall–Kier alpha value is -1.66. The van der Waals surface area contributed by atoms with Crippen LogP contribution in [0.15, 0.2) is 36.7 Å². The predicted octanol–water partition coefficient (Wildman–Crippen LogP) is 3.20. The quantitative estimate of drug-likeness (QED) is 0.923. The van der Waals surface area contributed by atoms with Crippen molar-refractivity contribution in [3.05, 3.63) is 58.6 Å². The summed E-state index contributed by atoms with van der Waals surface area (Å²) in [5, 5.41) is 0.382. The summed E-state index contributed by atoms with van der Waals surface area (Å²) in [4.78, 5) is 7.64. The molecule has 0 aliphatic carbocycles. The zero-order chi connectivity index (χ0) is 14.0. The minimum Gasteiger partial charge on any atom is -0.318 e. The van der Waals surface area contributed by atoms with E-state index in [1.54, 1.807) is 0 Å². The highest BCUT2D eigenvalue weighted by Gasteiger charge is 2.35. The normalized spacial score (nSPS) is 13.3. The highest BCUT2D eigenvalue weighted by molar-refractivity contribution is 6.30. The molecule has 0 amide bonds. The van der Waals surface area contributed by atoms with Crippen LogP contribution in [0, 0.1) is 0 Å². The summed E-state index contributed by atoms with van der Waals surface area (Å²) >= 11 is 5.67. The van der Waals surface area contributed by atoms with E-state index in [1.807, 2.05) is 0 Å². The SMILES string of the molecule is N[C@@H](c1ccc(Cl)cn1)c1ncccc1C(F)(F)F. The van der Waals surface area contributed by atoms with Gasteiger partial charge in [0.05, 0.1) is 28.0 Å². The van der Waals surface area contributed by atoms with Gasteiger partial charge in [0, 0.05) is 12.4 Å². The van der Waals surface area contributed by atoms with Gasteiger partial charge < -0.3 is 5.73 Å². The van der Waals surface area contributed by atoms with Crippen molar-refractivity contribution in [1.29, 1.82) is 0 Å². The average molecular weight is 288 g/mol. The van der Waals surface area contributed by atoms with Crippen molar-refractivity contribution in [1.82, 2.24) is 9.97 Å². The lowest BCUT2D eigenvalue weighted by atomic mass is 10.0. The minimum absolute atomic E-state index is 0.259. The van der Waals surface area contributed by atoms with Gasteiger partial charge in [0.2, 0.25) is 0 Å². The molecule has 2 aromatic heterocycles. The Morgan fingerprint density at radius 3 is 2.47 bits per heavy atom. The first-order chi connectivity index (χ1) is 8.89. The number of nitrogens with two attached hydrogens (primary N) is 1. The molecule has 0 fully saturated rings. The lowest BCUT2D eigenvalue weighted by Crippen LogP contribution is -2.20. The van der Waals surface area contributed by atoms with Gasteiger partial charge in [-0.25, -0.2) is 0 Å². The molecule has 0 saturated heterocycles. The number of rotatable bonds is 2. The Kier molecular flexibility index (Phi) is 3.73. The van der Waals surface area contributed by atoms with E-state index >= 15 is 0 Å². The molecule has 1 atom stereocenters. The van der Waals surface area contributed by atoms with Crippen molar-refractivity contribution >= 4 is 11.6 Å². The summed E-state index contributed by atoms with van der Waals surface area (Å²) in [5.41, 5.74) is 4.95. The molecule has 0 saturated carbocycles. The molecular weight excluding hydrogens is 279 g/mol. The maximum Gasteiger partial charge on any atom is 0.418 e. The van der Waals surface area contributed by atoms with Crippen molar-refractivity contribution in [2.75, 3.05) is 0 Å². The smallest absolute Gasteiger partial charge is 0.318 e. The Morgan fingerprint density at radius 1 is 1.16 bits per heavy atom. The number of halogens is 4. The summed E-state index contributed by atoms with van der Waals surface area (Å²) in [6.07, 6.45) is -1.92. The number of hydrogen-bond donors (Lipinski definition) is 1. The van der Waals surface area contributed by atoms with Gasteiger partial charge in [0.25, 0.3) is 0 Å². The molecule has 0 aliphatic rings. The van der Waals surface area contributed by atoms with Gasteiger partial charge in [-0.2, -0.15) is 13.2 Å². The van der Waals surface area contributed by atoms with Crippen molar-refractivity contribution in [2.45, 2.75) is 12.2 Å². The summed E-state index contributed by atoms with van der Waals surface area (Å²) < 4.78 is 38.6. The van der Waals surface area contributed by atoms with Gasteiger partial charge in [0.1, 0.15) is 0 Å². The standard InChI is InChI=1S/C12H9ClF3N3/c13-7-3-4-9(19-6-7)10(17)11-8(12(14,15)16)2-1-5-18-11/h1-6,10H,17H2/t10-/m0/s1. The maximum atomic E-state index is 12.9. The lowest BCUT2D eigenvalue weighted by Gasteiger charge is -2.16. The Morgan fingerprint density at radius 2 is 1.89 bits per heavy atom. The average Bonchev–Trinajstić information content (AvgIpc) is 2.38. The van der Waals surface area contributed by atoms with Gasteiger partial charge in [0.15, 0.2) is 0 Å². The molecule has 0 radical (unpaired) electrons. The van der Waals surface area contributed by atoms with E-state index in [0.29, 0.717) is 5.02 Å². The highest BCUT2D eigenvalue weighted by atomic mass is 35.5. The zero-order valence-corrected chi connectivity index (χ0v) is 10.3. The Balaban J connectivity index is 2.44. The second-order valence-corrected chi connectivity index (χ2v) is 4.25. The molecule has 19 heavy (non-hydrogen) atoms. The van der Waals surface area contributed by atoms with Crippen molar-refractivity contribution < 1.29 is 13.2 Å². The van der Waals surface area contributed by atoms with Gasteiger partial charge >= 0.3 is 6.18 Å². The molecular formula is C12H9ClF3N3. The first-order valence-corrected chi connectivity index (χ1v) is 5.66. The van der Waals surface area contributed by atoms with Crippen LogP contribution in [0.3, 0.4) is 0 Å². The van der Waals surface area contributed by atoms with E-state index in [-0.39, 0.29) is 11.4 Å². The van der Waals surface area contributed by atoms with E-state index < -0.39 is 17.8 Å². The summed E-state index contributed by atoms with van der Waals surface area (Å²) in [6, 6.07) is 4.09. The number of pyridine rings is 2. The molecule has 2 rings (SSSR count). The van der Waals surface area contributed by atoms with Gasteiger partial charge in [-0.1, -0.05) is 11.6 Å². The minimum atomic E-state index is -4.51. The van der Waals surface area contributed by atoms with Crippen LogP contribution < -0.4 is 5.73 Å². The van der Waals surface area contributed by atoms with Crippen LogP contribution in [0.4, 0.5) is 13.2 Å². The highest BCUT2D eigenvalue weighted by Crippen LogP contribution is 2.34. The molecule has 0 bridgehead atoms. The molecule has 100 valence electrons.